The summed E-state index contributed by atoms with van der Waals surface area (Å²) in [6, 6.07) is 0. The maximum atomic E-state index is 10.7. The summed E-state index contributed by atoms with van der Waals surface area (Å²) < 4.78 is 0. The summed E-state index contributed by atoms with van der Waals surface area (Å²) in [6.45, 7) is 6.78. The monoisotopic (exact) mass is 169 g/mol. The molecule has 1 rings (SSSR count). The minimum atomic E-state index is -0.217. The molecule has 2 N–H and O–H groups in total. The van der Waals surface area contributed by atoms with Crippen LogP contribution in [0.2, 0.25) is 0 Å². The van der Waals surface area contributed by atoms with Crippen LogP contribution in [-0.2, 0) is 0 Å². The normalized spacial score (nSPS) is 9.45. The molecule has 3 nitrogen and oxygen atoms in total. The van der Waals surface area contributed by atoms with Crippen molar-refractivity contribution in [2.75, 3.05) is 0 Å². The molecular formula is C7H7NO2S. The zero-order valence-electron chi connectivity index (χ0n) is 5.76. The number of thiazole rings is 1. The van der Waals surface area contributed by atoms with E-state index in [1.165, 1.54) is 6.08 Å². The molecule has 0 saturated heterocycles. The largest absolute Gasteiger partial charge is 0.506 e. The molecule has 0 atom stereocenters. The van der Waals surface area contributed by atoms with Crippen LogP contribution >= 0.6 is 11.3 Å². The maximum Gasteiger partial charge on any atom is 0.305 e. The molecule has 0 unspecified atom stereocenters. The summed E-state index contributed by atoms with van der Waals surface area (Å²) in [6.07, 6.45) is 1.50. The van der Waals surface area contributed by atoms with E-state index in [-0.39, 0.29) is 10.6 Å². The van der Waals surface area contributed by atoms with E-state index in [1.54, 1.807) is 0 Å². The fraction of sp³-hybridized carbons (Fsp3) is 0. The van der Waals surface area contributed by atoms with E-state index in [9.17, 15) is 4.79 Å². The second kappa shape index (κ2) is 2.75. The van der Waals surface area contributed by atoms with E-state index in [0.717, 1.165) is 11.3 Å². The molecule has 1 aromatic heterocycles. The second-order valence-electron chi connectivity index (χ2n) is 1.90. The number of aliphatic hydroxyl groups is 1. The van der Waals surface area contributed by atoms with Gasteiger partial charge in [0, 0.05) is 0 Å². The fourth-order valence-electron chi connectivity index (χ4n) is 0.698. The molecule has 0 aliphatic carbocycles. The molecule has 1 aromatic rings. The number of rotatable bonds is 2. The molecule has 0 aliphatic heterocycles. The predicted molar refractivity (Wildman–Crippen MR) is 46.7 cm³/mol. The molecule has 0 radical (unpaired) electrons. The number of hydrogen-bond donors (Lipinski definition) is 2. The van der Waals surface area contributed by atoms with Crippen molar-refractivity contribution in [2.24, 2.45) is 0 Å². The molecule has 0 spiro atoms. The minimum absolute atomic E-state index is 0.141. The molecule has 0 aliphatic rings. The maximum absolute atomic E-state index is 10.7. The van der Waals surface area contributed by atoms with Crippen molar-refractivity contribution in [2.45, 2.75) is 0 Å². The first-order valence-electron chi connectivity index (χ1n) is 2.89. The van der Waals surface area contributed by atoms with Crippen molar-refractivity contribution in [3.05, 3.63) is 33.4 Å². The van der Waals surface area contributed by atoms with Gasteiger partial charge in [0.25, 0.3) is 0 Å². The lowest BCUT2D eigenvalue weighted by Crippen LogP contribution is -1.93. The molecule has 0 amide bonds. The van der Waals surface area contributed by atoms with Crippen LogP contribution in [0.3, 0.4) is 0 Å². The molecule has 58 valence electrons. The van der Waals surface area contributed by atoms with E-state index in [2.05, 4.69) is 18.1 Å². The third kappa shape index (κ3) is 1.40. The Labute approximate surface area is 67.3 Å². The van der Waals surface area contributed by atoms with Gasteiger partial charge in [-0.2, -0.15) is 0 Å². The first-order valence-corrected chi connectivity index (χ1v) is 3.70. The standard InChI is InChI=1S/C7H7NO2S/c1-3-5-6(4(2)9)8-7(10)11-5/h3,9H,1-2H2,(H,8,10). The lowest BCUT2D eigenvalue weighted by atomic mass is 10.3. The summed E-state index contributed by atoms with van der Waals surface area (Å²) in [4.78, 5) is 13.6. The predicted octanol–water partition coefficient (Wildman–Crippen LogP) is 1.61. The number of aromatic nitrogens is 1. The van der Waals surface area contributed by atoms with Gasteiger partial charge in [-0.25, -0.2) is 0 Å². The Kier molecular flexibility index (Phi) is 1.96. The van der Waals surface area contributed by atoms with Crippen molar-refractivity contribution >= 4 is 23.2 Å². The average Bonchev–Trinajstić information content (AvgIpc) is 2.30. The Bertz CT molecular complexity index is 348. The van der Waals surface area contributed by atoms with E-state index >= 15 is 0 Å². The SMILES string of the molecule is C=Cc1sc(=O)[nH]c1C(=C)O. The van der Waals surface area contributed by atoms with Gasteiger partial charge in [-0.3, -0.25) is 4.79 Å². The summed E-state index contributed by atoms with van der Waals surface area (Å²) in [5.74, 6) is -0.141. The number of hydrogen-bond acceptors (Lipinski definition) is 3. The van der Waals surface area contributed by atoms with E-state index in [1.807, 2.05) is 0 Å². The van der Waals surface area contributed by atoms with E-state index in [4.69, 9.17) is 5.11 Å². The molecule has 0 saturated carbocycles. The molecular weight excluding hydrogens is 162 g/mol. The van der Waals surface area contributed by atoms with Crippen LogP contribution in [0.15, 0.2) is 18.0 Å². The Morgan fingerprint density at radius 3 is 2.73 bits per heavy atom. The lowest BCUT2D eigenvalue weighted by Gasteiger charge is -1.92. The van der Waals surface area contributed by atoms with Gasteiger partial charge in [-0.15, -0.1) is 0 Å². The fourth-order valence-corrected chi connectivity index (χ4v) is 1.41. The van der Waals surface area contributed by atoms with E-state index in [0.29, 0.717) is 10.6 Å². The van der Waals surface area contributed by atoms with Gasteiger partial charge in [0.05, 0.1) is 4.88 Å². The Morgan fingerprint density at radius 1 is 1.73 bits per heavy atom. The van der Waals surface area contributed by atoms with Crippen LogP contribution in [0.5, 0.6) is 0 Å². The van der Waals surface area contributed by atoms with Crippen LogP contribution in [0.1, 0.15) is 10.6 Å². The first-order chi connectivity index (χ1) is 5.15. The zero-order chi connectivity index (χ0) is 8.43. The van der Waals surface area contributed by atoms with Crippen LogP contribution in [0, 0.1) is 0 Å². The van der Waals surface area contributed by atoms with Crippen molar-refractivity contribution in [3.8, 4) is 0 Å². The quantitative estimate of drug-likeness (QED) is 0.661. The van der Waals surface area contributed by atoms with Crippen molar-refractivity contribution in [1.82, 2.24) is 4.98 Å². The van der Waals surface area contributed by atoms with Crippen LogP contribution in [-0.4, -0.2) is 10.1 Å². The smallest absolute Gasteiger partial charge is 0.305 e. The van der Waals surface area contributed by atoms with Gasteiger partial charge in [0.1, 0.15) is 11.5 Å². The number of aromatic amines is 1. The number of aliphatic hydroxyl groups excluding tert-OH is 1. The average molecular weight is 169 g/mol. The first kappa shape index (κ1) is 7.81. The molecule has 4 heteroatoms. The van der Waals surface area contributed by atoms with Crippen LogP contribution in [0.25, 0.3) is 11.8 Å². The third-order valence-electron chi connectivity index (χ3n) is 1.15. The highest BCUT2D eigenvalue weighted by molar-refractivity contribution is 7.10. The highest BCUT2D eigenvalue weighted by atomic mass is 32.1. The van der Waals surface area contributed by atoms with Crippen molar-refractivity contribution in [1.29, 1.82) is 0 Å². The lowest BCUT2D eigenvalue weighted by molar-refractivity contribution is 0.511. The Morgan fingerprint density at radius 2 is 2.36 bits per heavy atom. The molecule has 1 heterocycles. The molecule has 0 bridgehead atoms. The van der Waals surface area contributed by atoms with Gasteiger partial charge < -0.3 is 10.1 Å². The van der Waals surface area contributed by atoms with Crippen LogP contribution in [0.4, 0.5) is 0 Å². The van der Waals surface area contributed by atoms with Gasteiger partial charge in [-0.05, 0) is 6.08 Å². The summed E-state index contributed by atoms with van der Waals surface area (Å²) in [7, 11) is 0. The van der Waals surface area contributed by atoms with Crippen molar-refractivity contribution in [3.63, 3.8) is 0 Å². The van der Waals surface area contributed by atoms with Gasteiger partial charge in [0.15, 0.2) is 0 Å². The third-order valence-corrected chi connectivity index (χ3v) is 2.03. The van der Waals surface area contributed by atoms with Crippen LogP contribution < -0.4 is 4.87 Å². The summed E-state index contributed by atoms with van der Waals surface area (Å²) in [5.41, 5.74) is 0.356. The van der Waals surface area contributed by atoms with Gasteiger partial charge in [0.2, 0.25) is 0 Å². The Hall–Kier alpha value is -1.29. The number of H-pyrrole nitrogens is 1. The minimum Gasteiger partial charge on any atom is -0.506 e. The molecule has 0 aromatic carbocycles. The summed E-state index contributed by atoms with van der Waals surface area (Å²) >= 11 is 0.993. The molecule has 11 heavy (non-hydrogen) atoms. The number of nitrogens with one attached hydrogen (secondary N) is 1. The Balaban J connectivity index is 3.33. The molecule has 0 fully saturated rings. The van der Waals surface area contributed by atoms with Crippen molar-refractivity contribution < 1.29 is 5.11 Å². The summed E-state index contributed by atoms with van der Waals surface area (Å²) in [5, 5.41) is 8.94. The van der Waals surface area contributed by atoms with Gasteiger partial charge >= 0.3 is 4.87 Å². The van der Waals surface area contributed by atoms with Gasteiger partial charge in [-0.1, -0.05) is 24.5 Å². The topological polar surface area (TPSA) is 53.1 Å². The zero-order valence-corrected chi connectivity index (χ0v) is 6.57. The highest BCUT2D eigenvalue weighted by Gasteiger charge is 2.05. The second-order valence-corrected chi connectivity index (χ2v) is 2.92. The highest BCUT2D eigenvalue weighted by Crippen LogP contribution is 2.15. The van der Waals surface area contributed by atoms with E-state index < -0.39 is 0 Å².